The average molecular weight is 303 g/mol. The highest BCUT2D eigenvalue weighted by molar-refractivity contribution is 8.15. The molecule has 5 nitrogen and oxygen atoms in total. The number of benzene rings is 1. The van der Waals surface area contributed by atoms with Crippen molar-refractivity contribution in [3.8, 4) is 0 Å². The molecule has 2 rings (SSSR count). The van der Waals surface area contributed by atoms with E-state index in [4.69, 9.17) is 0 Å². The molecule has 0 unspecified atom stereocenters. The summed E-state index contributed by atoms with van der Waals surface area (Å²) in [6.45, 7) is 0. The molecule has 0 saturated carbocycles. The van der Waals surface area contributed by atoms with Gasteiger partial charge in [0, 0.05) is 5.69 Å². The summed E-state index contributed by atoms with van der Waals surface area (Å²) in [5.41, 5.74) is -0.894. The summed E-state index contributed by atoms with van der Waals surface area (Å²) in [7, 11) is 0. The van der Waals surface area contributed by atoms with Gasteiger partial charge in [-0.05, 0) is 18.2 Å². The van der Waals surface area contributed by atoms with E-state index < -0.39 is 17.8 Å². The molecule has 2 N–H and O–H groups in total. The highest BCUT2D eigenvalue weighted by Gasteiger charge is 2.30. The molecule has 0 aromatic heterocycles. The summed E-state index contributed by atoms with van der Waals surface area (Å²) in [6.07, 6.45) is -4.48. The minimum absolute atomic E-state index is 0.0245. The fraction of sp³-hybridized carbons (Fsp3) is 0.182. The molecule has 3 amide bonds. The van der Waals surface area contributed by atoms with Crippen molar-refractivity contribution in [3.05, 3.63) is 29.8 Å². The van der Waals surface area contributed by atoms with Crippen LogP contribution in [0.1, 0.15) is 5.56 Å². The van der Waals surface area contributed by atoms with Gasteiger partial charge in [0.05, 0.1) is 11.3 Å². The van der Waals surface area contributed by atoms with E-state index in [9.17, 15) is 22.8 Å². The summed E-state index contributed by atoms with van der Waals surface area (Å²) in [6, 6.07) is 3.34. The number of aliphatic imine (C=N–C) groups is 1. The fourth-order valence-corrected chi connectivity index (χ4v) is 2.08. The number of carbonyl (C=O) groups is 2. The van der Waals surface area contributed by atoms with Crippen molar-refractivity contribution in [1.82, 2.24) is 5.32 Å². The van der Waals surface area contributed by atoms with Crippen molar-refractivity contribution in [2.45, 2.75) is 6.18 Å². The van der Waals surface area contributed by atoms with Crippen molar-refractivity contribution in [3.63, 3.8) is 0 Å². The van der Waals surface area contributed by atoms with Crippen molar-refractivity contribution in [1.29, 1.82) is 0 Å². The van der Waals surface area contributed by atoms with Crippen LogP contribution in [0, 0.1) is 0 Å². The molecule has 9 heteroatoms. The number of thioether (sulfide) groups is 1. The van der Waals surface area contributed by atoms with Crippen LogP contribution >= 0.6 is 11.8 Å². The number of nitrogens with zero attached hydrogens (tertiary/aromatic N) is 1. The molecule has 20 heavy (non-hydrogen) atoms. The maximum Gasteiger partial charge on any atom is 0.416 e. The van der Waals surface area contributed by atoms with Crippen molar-refractivity contribution in [2.24, 2.45) is 4.99 Å². The molecule has 0 aliphatic carbocycles. The molecule has 1 fully saturated rings. The molecule has 1 aliphatic heterocycles. The van der Waals surface area contributed by atoms with Gasteiger partial charge in [-0.2, -0.15) is 18.2 Å². The third kappa shape index (κ3) is 3.73. The van der Waals surface area contributed by atoms with Crippen LogP contribution in [-0.2, 0) is 11.0 Å². The lowest BCUT2D eigenvalue weighted by Crippen LogP contribution is -2.22. The number of hydrogen-bond donors (Lipinski definition) is 2. The van der Waals surface area contributed by atoms with Crippen LogP contribution in [0.15, 0.2) is 29.3 Å². The molecule has 1 heterocycles. The first-order chi connectivity index (χ1) is 9.34. The molecule has 0 atom stereocenters. The highest BCUT2D eigenvalue weighted by Crippen LogP contribution is 2.30. The van der Waals surface area contributed by atoms with Gasteiger partial charge in [-0.3, -0.25) is 4.79 Å². The molecule has 0 bridgehead atoms. The number of halogens is 3. The molecule has 0 radical (unpaired) electrons. The number of nitrogens with one attached hydrogen (secondary N) is 2. The Labute approximate surface area is 115 Å². The Morgan fingerprint density at radius 2 is 2.15 bits per heavy atom. The third-order valence-corrected chi connectivity index (χ3v) is 3.10. The van der Waals surface area contributed by atoms with E-state index in [1.807, 2.05) is 0 Å². The van der Waals surface area contributed by atoms with Crippen LogP contribution in [-0.4, -0.2) is 22.9 Å². The first kappa shape index (κ1) is 14.4. The summed E-state index contributed by atoms with van der Waals surface area (Å²) in [4.78, 5) is 25.9. The van der Waals surface area contributed by atoms with E-state index in [2.05, 4.69) is 15.6 Å². The number of amidine groups is 1. The molecule has 1 aromatic rings. The molecule has 1 aliphatic rings. The Kier molecular flexibility index (Phi) is 3.98. The summed E-state index contributed by atoms with van der Waals surface area (Å²) >= 11 is 1.05. The topological polar surface area (TPSA) is 70.6 Å². The van der Waals surface area contributed by atoms with Crippen LogP contribution in [0.2, 0.25) is 0 Å². The average Bonchev–Trinajstić information content (AvgIpc) is 2.73. The van der Waals surface area contributed by atoms with Gasteiger partial charge in [0.1, 0.15) is 0 Å². The predicted octanol–water partition coefficient (Wildman–Crippen LogP) is 2.46. The van der Waals surface area contributed by atoms with E-state index in [1.54, 1.807) is 0 Å². The van der Waals surface area contributed by atoms with E-state index in [-0.39, 0.29) is 22.5 Å². The zero-order valence-electron chi connectivity index (χ0n) is 9.82. The number of amides is 3. The molecule has 1 aromatic carbocycles. The van der Waals surface area contributed by atoms with Gasteiger partial charge in [-0.15, -0.1) is 0 Å². The highest BCUT2D eigenvalue weighted by atomic mass is 32.2. The second-order valence-corrected chi connectivity index (χ2v) is 4.73. The van der Waals surface area contributed by atoms with Crippen LogP contribution in [0.4, 0.5) is 23.7 Å². The third-order valence-electron chi connectivity index (χ3n) is 2.23. The van der Waals surface area contributed by atoms with Gasteiger partial charge in [-0.25, -0.2) is 4.79 Å². The second kappa shape index (κ2) is 5.53. The SMILES string of the molecule is O=C1CS/C(=N/C(=O)Nc2cccc(C(F)(F)F)c2)N1. The van der Waals surface area contributed by atoms with Gasteiger partial charge < -0.3 is 10.6 Å². The number of rotatable bonds is 1. The van der Waals surface area contributed by atoms with Crippen LogP contribution < -0.4 is 10.6 Å². The number of hydrogen-bond acceptors (Lipinski definition) is 3. The lowest BCUT2D eigenvalue weighted by Gasteiger charge is -2.08. The Balaban J connectivity index is 2.07. The number of urea groups is 1. The van der Waals surface area contributed by atoms with Crippen LogP contribution in [0.3, 0.4) is 0 Å². The molecular formula is C11H8F3N3O2S. The second-order valence-electron chi connectivity index (χ2n) is 3.76. The largest absolute Gasteiger partial charge is 0.416 e. The van der Waals surface area contributed by atoms with Crippen LogP contribution in [0.25, 0.3) is 0 Å². The number of carbonyl (C=O) groups excluding carboxylic acids is 2. The van der Waals surface area contributed by atoms with E-state index >= 15 is 0 Å². The van der Waals surface area contributed by atoms with E-state index in [0.29, 0.717) is 0 Å². The fourth-order valence-electron chi connectivity index (χ4n) is 1.40. The smallest absolute Gasteiger partial charge is 0.306 e. The van der Waals surface area contributed by atoms with Crippen molar-refractivity contribution in [2.75, 3.05) is 11.1 Å². The maximum absolute atomic E-state index is 12.5. The van der Waals surface area contributed by atoms with Gasteiger partial charge in [0.2, 0.25) is 5.91 Å². The molecule has 1 saturated heterocycles. The summed E-state index contributed by atoms with van der Waals surface area (Å²) in [5.74, 6) is -0.115. The minimum atomic E-state index is -4.48. The summed E-state index contributed by atoms with van der Waals surface area (Å²) < 4.78 is 37.5. The monoisotopic (exact) mass is 303 g/mol. The zero-order valence-corrected chi connectivity index (χ0v) is 10.6. The van der Waals surface area contributed by atoms with Gasteiger partial charge >= 0.3 is 12.2 Å². The van der Waals surface area contributed by atoms with Crippen LogP contribution in [0.5, 0.6) is 0 Å². The van der Waals surface area contributed by atoms with E-state index in [1.165, 1.54) is 12.1 Å². The zero-order chi connectivity index (χ0) is 14.8. The normalized spacial score (nSPS) is 17.1. The lowest BCUT2D eigenvalue weighted by molar-refractivity contribution is -0.137. The maximum atomic E-state index is 12.5. The van der Waals surface area contributed by atoms with Crippen molar-refractivity contribution >= 4 is 34.6 Å². The Morgan fingerprint density at radius 3 is 2.75 bits per heavy atom. The van der Waals surface area contributed by atoms with Gasteiger partial charge in [0.25, 0.3) is 0 Å². The van der Waals surface area contributed by atoms with Gasteiger partial charge in [0.15, 0.2) is 5.17 Å². The Hall–Kier alpha value is -2.03. The Morgan fingerprint density at radius 1 is 1.40 bits per heavy atom. The lowest BCUT2D eigenvalue weighted by atomic mass is 10.2. The standard InChI is InChI=1S/C11H8F3N3O2S/c12-11(13,14)6-2-1-3-7(4-6)15-9(19)17-10-16-8(18)5-20-10/h1-4H,5H2,(H2,15,16,17,18,19). The Bertz CT molecular complexity index is 587. The number of alkyl halides is 3. The van der Waals surface area contributed by atoms with Gasteiger partial charge in [-0.1, -0.05) is 17.8 Å². The first-order valence-electron chi connectivity index (χ1n) is 5.34. The number of anilines is 1. The van der Waals surface area contributed by atoms with Crippen molar-refractivity contribution < 1.29 is 22.8 Å². The first-order valence-corrected chi connectivity index (χ1v) is 6.33. The van der Waals surface area contributed by atoms with E-state index in [0.717, 1.165) is 23.9 Å². The molecule has 106 valence electrons. The summed E-state index contributed by atoms with van der Waals surface area (Å²) in [5, 5.41) is 4.67. The minimum Gasteiger partial charge on any atom is -0.306 e. The quantitative estimate of drug-likeness (QED) is 0.837. The molecule has 0 spiro atoms. The predicted molar refractivity (Wildman–Crippen MR) is 68.5 cm³/mol. The molecular weight excluding hydrogens is 295 g/mol.